The number of hydrogen-bond donors (Lipinski definition) is 1. The Bertz CT molecular complexity index is 975. The number of carbonyl (C=O) groups excluding carboxylic acids is 2. The molecular weight excluding hydrogens is 386 g/mol. The Kier molecular flexibility index (Phi) is 6.18. The molecule has 7 nitrogen and oxygen atoms in total. The maximum absolute atomic E-state index is 12.5. The van der Waals surface area contributed by atoms with Crippen molar-refractivity contribution in [1.82, 2.24) is 4.98 Å². The van der Waals surface area contributed by atoms with E-state index >= 15 is 0 Å². The standard InChI is InChI=1S/C20H16F2N2O5/c1-12(18(25)24-15-4-2-3-5-16(15)29-20(21)22)28-19(26)14-8-6-13(7-9-14)17-10-23-11-27-17/h2-12,20H,1H3,(H,24,25). The summed E-state index contributed by atoms with van der Waals surface area (Å²) in [6.45, 7) is -1.67. The molecule has 1 heterocycles. The molecule has 1 aromatic heterocycles. The second kappa shape index (κ2) is 8.96. The Morgan fingerprint density at radius 1 is 1.10 bits per heavy atom. The number of para-hydroxylation sites is 2. The van der Waals surface area contributed by atoms with Crippen molar-refractivity contribution in [3.05, 3.63) is 66.7 Å². The molecule has 0 aliphatic heterocycles. The van der Waals surface area contributed by atoms with Gasteiger partial charge in [-0.25, -0.2) is 9.78 Å². The van der Waals surface area contributed by atoms with Crippen LogP contribution in [0.1, 0.15) is 17.3 Å². The Hall–Kier alpha value is -3.75. The highest BCUT2D eigenvalue weighted by Gasteiger charge is 2.21. The number of ether oxygens (including phenoxy) is 2. The van der Waals surface area contributed by atoms with Gasteiger partial charge >= 0.3 is 12.6 Å². The summed E-state index contributed by atoms with van der Waals surface area (Å²) in [6, 6.07) is 12.1. The van der Waals surface area contributed by atoms with E-state index < -0.39 is 24.6 Å². The maximum Gasteiger partial charge on any atom is 0.387 e. The van der Waals surface area contributed by atoms with Crippen molar-refractivity contribution >= 4 is 17.6 Å². The number of nitrogens with one attached hydrogen (secondary N) is 1. The number of anilines is 1. The molecule has 3 aromatic rings. The summed E-state index contributed by atoms with van der Waals surface area (Å²) in [7, 11) is 0. The van der Waals surface area contributed by atoms with Crippen LogP contribution in [-0.4, -0.2) is 29.6 Å². The summed E-state index contributed by atoms with van der Waals surface area (Å²) in [6.07, 6.45) is 1.66. The second-order valence-corrected chi connectivity index (χ2v) is 5.85. The molecule has 1 N–H and O–H groups in total. The van der Waals surface area contributed by atoms with Crippen LogP contribution in [0, 0.1) is 0 Å². The van der Waals surface area contributed by atoms with E-state index in [-0.39, 0.29) is 17.0 Å². The lowest BCUT2D eigenvalue weighted by Gasteiger charge is -2.15. The second-order valence-electron chi connectivity index (χ2n) is 5.85. The zero-order valence-corrected chi connectivity index (χ0v) is 15.2. The molecule has 1 unspecified atom stereocenters. The van der Waals surface area contributed by atoms with Gasteiger partial charge < -0.3 is 19.2 Å². The third-order valence-electron chi connectivity index (χ3n) is 3.85. The van der Waals surface area contributed by atoms with Crippen molar-refractivity contribution in [2.75, 3.05) is 5.32 Å². The molecule has 0 saturated carbocycles. The molecule has 0 fully saturated rings. The van der Waals surface area contributed by atoms with Crippen molar-refractivity contribution in [3.63, 3.8) is 0 Å². The topological polar surface area (TPSA) is 90.7 Å². The molecule has 150 valence electrons. The number of esters is 1. The van der Waals surface area contributed by atoms with E-state index in [1.54, 1.807) is 18.2 Å². The largest absolute Gasteiger partial charge is 0.449 e. The van der Waals surface area contributed by atoms with Gasteiger partial charge in [-0.2, -0.15) is 8.78 Å². The monoisotopic (exact) mass is 402 g/mol. The molecule has 0 spiro atoms. The molecule has 0 aliphatic carbocycles. The summed E-state index contributed by atoms with van der Waals surface area (Å²) >= 11 is 0. The maximum atomic E-state index is 12.5. The van der Waals surface area contributed by atoms with E-state index in [1.165, 1.54) is 49.8 Å². The molecule has 1 atom stereocenters. The average Bonchev–Trinajstić information content (AvgIpc) is 3.24. The lowest BCUT2D eigenvalue weighted by Crippen LogP contribution is -2.30. The number of oxazole rings is 1. The number of amides is 1. The molecule has 3 rings (SSSR count). The summed E-state index contributed by atoms with van der Waals surface area (Å²) in [5.74, 6) is -1.06. The number of aromatic nitrogens is 1. The van der Waals surface area contributed by atoms with Crippen LogP contribution in [0.5, 0.6) is 5.75 Å². The summed E-state index contributed by atoms with van der Waals surface area (Å²) < 4.78 is 39.6. The Morgan fingerprint density at radius 2 is 1.83 bits per heavy atom. The SMILES string of the molecule is CC(OC(=O)c1ccc(-c2cnco2)cc1)C(=O)Nc1ccccc1OC(F)F. The number of hydrogen-bond acceptors (Lipinski definition) is 6. The van der Waals surface area contributed by atoms with Crippen molar-refractivity contribution in [2.24, 2.45) is 0 Å². The van der Waals surface area contributed by atoms with Crippen LogP contribution in [0.15, 0.2) is 65.5 Å². The average molecular weight is 402 g/mol. The van der Waals surface area contributed by atoms with Crippen molar-refractivity contribution < 1.29 is 32.3 Å². The summed E-state index contributed by atoms with van der Waals surface area (Å²) in [4.78, 5) is 28.4. The van der Waals surface area contributed by atoms with Crippen LogP contribution < -0.4 is 10.1 Å². The third-order valence-corrected chi connectivity index (χ3v) is 3.85. The number of alkyl halides is 2. The minimum atomic E-state index is -3.04. The van der Waals surface area contributed by atoms with Gasteiger partial charge in [-0.1, -0.05) is 24.3 Å². The molecule has 0 radical (unpaired) electrons. The number of nitrogens with zero attached hydrogens (tertiary/aromatic N) is 1. The van der Waals surface area contributed by atoms with E-state index in [0.29, 0.717) is 5.76 Å². The highest BCUT2D eigenvalue weighted by atomic mass is 19.3. The normalized spacial score (nSPS) is 11.7. The first-order chi connectivity index (χ1) is 13.9. The van der Waals surface area contributed by atoms with Gasteiger partial charge in [-0.3, -0.25) is 4.79 Å². The van der Waals surface area contributed by atoms with Gasteiger partial charge in [0.1, 0.15) is 5.75 Å². The fraction of sp³-hybridized carbons (Fsp3) is 0.150. The van der Waals surface area contributed by atoms with Gasteiger partial charge in [-0.05, 0) is 31.2 Å². The molecule has 0 bridgehead atoms. The van der Waals surface area contributed by atoms with Gasteiger partial charge in [0.25, 0.3) is 5.91 Å². The lowest BCUT2D eigenvalue weighted by molar-refractivity contribution is -0.123. The fourth-order valence-corrected chi connectivity index (χ4v) is 2.41. The van der Waals surface area contributed by atoms with Crippen LogP contribution in [0.3, 0.4) is 0 Å². The van der Waals surface area contributed by atoms with Crippen LogP contribution >= 0.6 is 0 Å². The smallest absolute Gasteiger partial charge is 0.387 e. The van der Waals surface area contributed by atoms with E-state index in [4.69, 9.17) is 9.15 Å². The first-order valence-electron chi connectivity index (χ1n) is 8.48. The molecule has 1 amide bonds. The molecule has 0 saturated heterocycles. The van der Waals surface area contributed by atoms with E-state index in [1.807, 2.05) is 0 Å². The Balaban J connectivity index is 1.62. The van der Waals surface area contributed by atoms with Crippen molar-refractivity contribution in [2.45, 2.75) is 19.6 Å². The number of halogens is 2. The van der Waals surface area contributed by atoms with Gasteiger partial charge in [0.15, 0.2) is 18.3 Å². The summed E-state index contributed by atoms with van der Waals surface area (Å²) in [5, 5.41) is 2.41. The molecule has 9 heteroatoms. The highest BCUT2D eigenvalue weighted by Crippen LogP contribution is 2.26. The van der Waals surface area contributed by atoms with Gasteiger partial charge in [-0.15, -0.1) is 0 Å². The summed E-state index contributed by atoms with van der Waals surface area (Å²) in [5.41, 5.74) is 0.993. The van der Waals surface area contributed by atoms with Crippen LogP contribution in [-0.2, 0) is 9.53 Å². The zero-order valence-electron chi connectivity index (χ0n) is 15.2. The number of benzene rings is 2. The minimum Gasteiger partial charge on any atom is -0.449 e. The van der Waals surface area contributed by atoms with E-state index in [2.05, 4.69) is 15.0 Å². The first kappa shape index (κ1) is 20.0. The molecule has 2 aromatic carbocycles. The minimum absolute atomic E-state index is 0.0390. The van der Waals surface area contributed by atoms with Crippen LogP contribution in [0.4, 0.5) is 14.5 Å². The Morgan fingerprint density at radius 3 is 2.48 bits per heavy atom. The number of rotatable bonds is 7. The predicted molar refractivity (Wildman–Crippen MR) is 98.5 cm³/mol. The van der Waals surface area contributed by atoms with E-state index in [9.17, 15) is 18.4 Å². The fourth-order valence-electron chi connectivity index (χ4n) is 2.41. The molecule has 0 aliphatic rings. The predicted octanol–water partition coefficient (Wildman–Crippen LogP) is 4.13. The number of carbonyl (C=O) groups is 2. The quantitative estimate of drug-likeness (QED) is 0.598. The zero-order chi connectivity index (χ0) is 20.8. The third kappa shape index (κ3) is 5.16. The Labute approximate surface area is 164 Å². The van der Waals surface area contributed by atoms with Crippen molar-refractivity contribution in [1.29, 1.82) is 0 Å². The van der Waals surface area contributed by atoms with Crippen molar-refractivity contribution in [3.8, 4) is 17.1 Å². The van der Waals surface area contributed by atoms with Gasteiger partial charge in [0, 0.05) is 5.56 Å². The lowest BCUT2D eigenvalue weighted by atomic mass is 10.1. The van der Waals surface area contributed by atoms with E-state index in [0.717, 1.165) is 5.56 Å². The molecule has 29 heavy (non-hydrogen) atoms. The molecular formula is C20H16F2N2O5. The van der Waals surface area contributed by atoms with Gasteiger partial charge in [0.2, 0.25) is 0 Å². The van der Waals surface area contributed by atoms with Crippen LogP contribution in [0.25, 0.3) is 11.3 Å². The first-order valence-corrected chi connectivity index (χ1v) is 8.48. The van der Waals surface area contributed by atoms with Gasteiger partial charge in [0.05, 0.1) is 17.4 Å². The highest BCUT2D eigenvalue weighted by molar-refractivity contribution is 5.98. The van der Waals surface area contributed by atoms with Crippen LogP contribution in [0.2, 0.25) is 0 Å².